The summed E-state index contributed by atoms with van der Waals surface area (Å²) in [6, 6.07) is 24.0. The SMILES string of the molecule is CN1CCN(C(=O)c2ccc(CNC(=O)c3ccccc3Oc3ccccc3)cc2)CC1. The molecular formula is C26H27N3O3. The van der Waals surface area contributed by atoms with Gasteiger partial charge in [-0.15, -0.1) is 0 Å². The molecule has 2 amide bonds. The number of hydrogen-bond acceptors (Lipinski definition) is 4. The number of rotatable bonds is 6. The van der Waals surface area contributed by atoms with Crippen LogP contribution >= 0.6 is 0 Å². The Hall–Kier alpha value is -3.64. The second-order valence-electron chi connectivity index (χ2n) is 7.89. The minimum atomic E-state index is -0.214. The first-order chi connectivity index (χ1) is 15.6. The number of para-hydroxylation sites is 2. The largest absolute Gasteiger partial charge is 0.457 e. The van der Waals surface area contributed by atoms with Crippen molar-refractivity contribution in [3.63, 3.8) is 0 Å². The van der Waals surface area contributed by atoms with Crippen LogP contribution in [0.2, 0.25) is 0 Å². The van der Waals surface area contributed by atoms with E-state index in [2.05, 4.69) is 17.3 Å². The van der Waals surface area contributed by atoms with Gasteiger partial charge in [-0.25, -0.2) is 0 Å². The van der Waals surface area contributed by atoms with Crippen molar-refractivity contribution in [1.29, 1.82) is 0 Å². The molecule has 1 N–H and O–H groups in total. The van der Waals surface area contributed by atoms with Crippen molar-refractivity contribution < 1.29 is 14.3 Å². The maximum absolute atomic E-state index is 12.8. The number of nitrogens with zero attached hydrogens (tertiary/aromatic N) is 2. The number of nitrogens with one attached hydrogen (secondary N) is 1. The van der Waals surface area contributed by atoms with Crippen LogP contribution in [0.25, 0.3) is 0 Å². The highest BCUT2D eigenvalue weighted by Gasteiger charge is 2.20. The van der Waals surface area contributed by atoms with Crippen LogP contribution in [0.5, 0.6) is 11.5 Å². The van der Waals surface area contributed by atoms with Gasteiger partial charge in [0.15, 0.2) is 0 Å². The third kappa shape index (κ3) is 5.34. The van der Waals surface area contributed by atoms with Crippen molar-refractivity contribution in [2.45, 2.75) is 6.54 Å². The van der Waals surface area contributed by atoms with E-state index < -0.39 is 0 Å². The van der Waals surface area contributed by atoms with Crippen molar-refractivity contribution in [3.8, 4) is 11.5 Å². The third-order valence-corrected chi connectivity index (χ3v) is 5.55. The van der Waals surface area contributed by atoms with E-state index in [9.17, 15) is 9.59 Å². The quantitative estimate of drug-likeness (QED) is 0.648. The lowest BCUT2D eigenvalue weighted by Crippen LogP contribution is -2.47. The molecule has 6 heteroatoms. The first kappa shape index (κ1) is 21.6. The second-order valence-corrected chi connectivity index (χ2v) is 7.89. The van der Waals surface area contributed by atoms with Gasteiger partial charge in [-0.2, -0.15) is 0 Å². The number of benzene rings is 3. The molecule has 0 aliphatic carbocycles. The highest BCUT2D eigenvalue weighted by Crippen LogP contribution is 2.25. The molecule has 1 fully saturated rings. The van der Waals surface area contributed by atoms with Crippen molar-refractivity contribution >= 4 is 11.8 Å². The van der Waals surface area contributed by atoms with Gasteiger partial charge in [-0.1, -0.05) is 42.5 Å². The Morgan fingerprint density at radius 3 is 2.22 bits per heavy atom. The number of piperazine rings is 1. The van der Waals surface area contributed by atoms with E-state index in [1.165, 1.54) is 0 Å². The molecule has 4 rings (SSSR count). The van der Waals surface area contributed by atoms with Crippen molar-refractivity contribution in [2.75, 3.05) is 33.2 Å². The number of carbonyl (C=O) groups is 2. The van der Waals surface area contributed by atoms with E-state index in [4.69, 9.17) is 4.74 Å². The van der Waals surface area contributed by atoms with Gasteiger partial charge >= 0.3 is 0 Å². The summed E-state index contributed by atoms with van der Waals surface area (Å²) in [5.41, 5.74) is 2.07. The van der Waals surface area contributed by atoms with E-state index in [1.807, 2.05) is 71.6 Å². The molecule has 1 aliphatic rings. The zero-order valence-corrected chi connectivity index (χ0v) is 18.2. The summed E-state index contributed by atoms with van der Waals surface area (Å²) in [5.74, 6) is 1.02. The molecule has 3 aromatic carbocycles. The molecule has 0 bridgehead atoms. The predicted octanol–water partition coefficient (Wildman–Crippen LogP) is 3.80. The first-order valence-electron chi connectivity index (χ1n) is 10.8. The fraction of sp³-hybridized carbons (Fsp3) is 0.231. The zero-order chi connectivity index (χ0) is 22.3. The standard InChI is InChI=1S/C26H27N3O3/c1-28-15-17-29(18-16-28)26(31)21-13-11-20(12-14-21)19-27-25(30)23-9-5-6-10-24(23)32-22-7-3-2-4-8-22/h2-14H,15-19H2,1H3,(H,27,30). The fourth-order valence-corrected chi connectivity index (χ4v) is 3.59. The van der Waals surface area contributed by atoms with Crippen LogP contribution in [0.3, 0.4) is 0 Å². The third-order valence-electron chi connectivity index (χ3n) is 5.55. The Kier molecular flexibility index (Phi) is 6.82. The molecule has 6 nitrogen and oxygen atoms in total. The minimum Gasteiger partial charge on any atom is -0.457 e. The van der Waals surface area contributed by atoms with Gasteiger partial charge in [-0.05, 0) is 49.0 Å². The van der Waals surface area contributed by atoms with Crippen LogP contribution in [-0.4, -0.2) is 54.8 Å². The normalized spacial score (nSPS) is 14.1. The molecule has 0 unspecified atom stereocenters. The topological polar surface area (TPSA) is 61.9 Å². The molecule has 0 atom stereocenters. The summed E-state index contributed by atoms with van der Waals surface area (Å²) in [6.45, 7) is 3.65. The molecule has 164 valence electrons. The number of likely N-dealkylation sites (N-methyl/N-ethyl adjacent to an activating group) is 1. The summed E-state index contributed by atoms with van der Waals surface area (Å²) >= 11 is 0. The fourth-order valence-electron chi connectivity index (χ4n) is 3.59. The van der Waals surface area contributed by atoms with Gasteiger partial charge in [0.2, 0.25) is 0 Å². The molecule has 32 heavy (non-hydrogen) atoms. The summed E-state index contributed by atoms with van der Waals surface area (Å²) in [4.78, 5) is 29.6. The monoisotopic (exact) mass is 429 g/mol. The number of amides is 2. The lowest BCUT2D eigenvalue weighted by Gasteiger charge is -2.32. The summed E-state index contributed by atoms with van der Waals surface area (Å²) in [6.07, 6.45) is 0. The minimum absolute atomic E-state index is 0.0562. The molecule has 1 saturated heterocycles. The Morgan fingerprint density at radius 1 is 0.844 bits per heavy atom. The summed E-state index contributed by atoms with van der Waals surface area (Å²) in [5, 5.41) is 2.94. The summed E-state index contributed by atoms with van der Waals surface area (Å²) < 4.78 is 5.88. The average molecular weight is 430 g/mol. The Bertz CT molecular complexity index is 1060. The molecule has 1 heterocycles. The number of carbonyl (C=O) groups excluding carboxylic acids is 2. The van der Waals surface area contributed by atoms with E-state index in [1.54, 1.807) is 12.1 Å². The number of ether oxygens (including phenoxy) is 1. The predicted molar refractivity (Wildman–Crippen MR) is 124 cm³/mol. The van der Waals surface area contributed by atoms with Crippen LogP contribution in [0, 0.1) is 0 Å². The van der Waals surface area contributed by atoms with Crippen LogP contribution < -0.4 is 10.1 Å². The van der Waals surface area contributed by atoms with Crippen molar-refractivity contribution in [3.05, 3.63) is 95.6 Å². The van der Waals surface area contributed by atoms with Gasteiger partial charge in [0.05, 0.1) is 5.56 Å². The van der Waals surface area contributed by atoms with Gasteiger partial charge < -0.3 is 19.9 Å². The zero-order valence-electron chi connectivity index (χ0n) is 18.2. The lowest BCUT2D eigenvalue weighted by atomic mass is 10.1. The van der Waals surface area contributed by atoms with E-state index in [0.717, 1.165) is 31.7 Å². The van der Waals surface area contributed by atoms with Crippen LogP contribution in [0.4, 0.5) is 0 Å². The van der Waals surface area contributed by atoms with Gasteiger partial charge in [-0.3, -0.25) is 9.59 Å². The maximum Gasteiger partial charge on any atom is 0.255 e. The summed E-state index contributed by atoms with van der Waals surface area (Å²) in [7, 11) is 2.07. The van der Waals surface area contributed by atoms with E-state index in [0.29, 0.717) is 29.2 Å². The van der Waals surface area contributed by atoms with Gasteiger partial charge in [0.25, 0.3) is 11.8 Å². The van der Waals surface area contributed by atoms with Gasteiger partial charge in [0.1, 0.15) is 11.5 Å². The Morgan fingerprint density at radius 2 is 1.50 bits per heavy atom. The highest BCUT2D eigenvalue weighted by atomic mass is 16.5. The molecule has 0 aromatic heterocycles. The van der Waals surface area contributed by atoms with Crippen molar-refractivity contribution in [1.82, 2.24) is 15.1 Å². The van der Waals surface area contributed by atoms with E-state index >= 15 is 0 Å². The van der Waals surface area contributed by atoms with E-state index in [-0.39, 0.29) is 11.8 Å². The van der Waals surface area contributed by atoms with Crippen LogP contribution in [0.1, 0.15) is 26.3 Å². The molecule has 0 saturated carbocycles. The van der Waals surface area contributed by atoms with Crippen molar-refractivity contribution in [2.24, 2.45) is 0 Å². The highest BCUT2D eigenvalue weighted by molar-refractivity contribution is 5.97. The van der Waals surface area contributed by atoms with Gasteiger partial charge in [0, 0.05) is 38.3 Å². The molecule has 0 spiro atoms. The smallest absolute Gasteiger partial charge is 0.255 e. The maximum atomic E-state index is 12.8. The Labute approximate surface area is 188 Å². The molecule has 1 aliphatic heterocycles. The van der Waals surface area contributed by atoms with Crippen LogP contribution in [-0.2, 0) is 6.54 Å². The second kappa shape index (κ2) is 10.1. The average Bonchev–Trinajstić information content (AvgIpc) is 2.84. The molecule has 3 aromatic rings. The first-order valence-corrected chi connectivity index (χ1v) is 10.8. The lowest BCUT2D eigenvalue weighted by molar-refractivity contribution is 0.0664. The molecule has 0 radical (unpaired) electrons. The molecular weight excluding hydrogens is 402 g/mol. The Balaban J connectivity index is 1.36. The number of hydrogen-bond donors (Lipinski definition) is 1. The van der Waals surface area contributed by atoms with Crippen LogP contribution in [0.15, 0.2) is 78.9 Å².